The molecular weight excluding hydrogens is 388 g/mol. The molecule has 2 aromatic carbocycles. The number of nitrogens with zero attached hydrogens (tertiary/aromatic N) is 1. The van der Waals surface area contributed by atoms with Crippen molar-refractivity contribution in [1.29, 1.82) is 0 Å². The smallest absolute Gasteiger partial charge is 0.338 e. The monoisotopic (exact) mass is 408 g/mol. The minimum atomic E-state index is -0.722. The van der Waals surface area contributed by atoms with Crippen molar-refractivity contribution >= 4 is 29.4 Å². The van der Waals surface area contributed by atoms with Crippen molar-refractivity contribution in [3.05, 3.63) is 65.2 Å². The fraction of sp³-hybridized carbons (Fsp3) is 0.273. The van der Waals surface area contributed by atoms with Crippen LogP contribution in [0.4, 0.5) is 5.69 Å². The quantitative estimate of drug-likeness (QED) is 0.579. The maximum Gasteiger partial charge on any atom is 0.338 e. The van der Waals surface area contributed by atoms with Gasteiger partial charge in [-0.1, -0.05) is 18.2 Å². The fourth-order valence-electron chi connectivity index (χ4n) is 3.49. The Bertz CT molecular complexity index is 977. The van der Waals surface area contributed by atoms with E-state index >= 15 is 0 Å². The molecule has 1 fully saturated rings. The minimum Gasteiger partial charge on any atom is -0.452 e. The van der Waals surface area contributed by atoms with E-state index in [2.05, 4.69) is 5.32 Å². The van der Waals surface area contributed by atoms with Crippen molar-refractivity contribution in [2.45, 2.75) is 18.9 Å². The molecule has 8 heteroatoms. The van der Waals surface area contributed by atoms with Gasteiger partial charge in [0, 0.05) is 13.2 Å². The van der Waals surface area contributed by atoms with Gasteiger partial charge in [-0.25, -0.2) is 9.69 Å². The molecule has 1 N–H and O–H groups in total. The van der Waals surface area contributed by atoms with Crippen LogP contribution in [0.3, 0.4) is 0 Å². The number of ether oxygens (including phenoxy) is 2. The van der Waals surface area contributed by atoms with Gasteiger partial charge >= 0.3 is 5.97 Å². The number of fused-ring (bicyclic) bond motifs is 1. The summed E-state index contributed by atoms with van der Waals surface area (Å²) >= 11 is 0. The molecule has 2 aliphatic rings. The summed E-state index contributed by atoms with van der Waals surface area (Å²) in [4.78, 5) is 50.5. The van der Waals surface area contributed by atoms with Gasteiger partial charge < -0.3 is 14.8 Å². The molecule has 154 valence electrons. The van der Waals surface area contributed by atoms with Gasteiger partial charge in [0.15, 0.2) is 6.61 Å². The second kappa shape index (κ2) is 8.46. The number of anilines is 1. The molecule has 30 heavy (non-hydrogen) atoms. The van der Waals surface area contributed by atoms with Crippen molar-refractivity contribution in [3.8, 4) is 0 Å². The van der Waals surface area contributed by atoms with E-state index in [0.29, 0.717) is 24.3 Å². The van der Waals surface area contributed by atoms with Crippen LogP contribution in [-0.2, 0) is 14.3 Å². The van der Waals surface area contributed by atoms with Gasteiger partial charge in [0.1, 0.15) is 0 Å². The van der Waals surface area contributed by atoms with Crippen molar-refractivity contribution in [2.75, 3.05) is 24.7 Å². The number of rotatable bonds is 6. The predicted octanol–water partition coefficient (Wildman–Crippen LogP) is 1.94. The molecule has 0 aliphatic carbocycles. The normalized spacial score (nSPS) is 17.7. The molecule has 4 rings (SSSR count). The lowest BCUT2D eigenvalue weighted by atomic mass is 10.1. The molecule has 0 saturated carbocycles. The number of hydrogen-bond acceptors (Lipinski definition) is 6. The highest BCUT2D eigenvalue weighted by Gasteiger charge is 2.36. The molecule has 1 unspecified atom stereocenters. The first-order chi connectivity index (χ1) is 14.5. The van der Waals surface area contributed by atoms with Gasteiger partial charge in [0.25, 0.3) is 17.7 Å². The van der Waals surface area contributed by atoms with E-state index in [-0.39, 0.29) is 17.4 Å². The van der Waals surface area contributed by atoms with Crippen molar-refractivity contribution < 1.29 is 28.7 Å². The van der Waals surface area contributed by atoms with E-state index in [9.17, 15) is 19.2 Å². The van der Waals surface area contributed by atoms with E-state index in [1.165, 1.54) is 12.1 Å². The number of amides is 3. The van der Waals surface area contributed by atoms with Crippen LogP contribution in [-0.4, -0.2) is 49.6 Å². The zero-order chi connectivity index (χ0) is 21.1. The molecule has 2 heterocycles. The Labute approximate surface area is 172 Å². The molecule has 0 aromatic heterocycles. The standard InChI is InChI=1S/C22H20N2O6/c25-19(23-12-16-7-4-10-29-16)13-30-22(28)14-5-3-6-15(11-14)24-20(26)17-8-1-2-9-18(17)21(24)27/h1-3,5-6,8-9,11,16H,4,7,10,12-13H2,(H,23,25). The van der Waals surface area contributed by atoms with Crippen molar-refractivity contribution in [3.63, 3.8) is 0 Å². The van der Waals surface area contributed by atoms with E-state index in [1.54, 1.807) is 36.4 Å². The molecular formula is C22H20N2O6. The van der Waals surface area contributed by atoms with Crippen LogP contribution in [0, 0.1) is 0 Å². The molecule has 0 spiro atoms. The summed E-state index contributed by atoms with van der Waals surface area (Å²) in [6.45, 7) is 0.646. The first-order valence-electron chi connectivity index (χ1n) is 9.68. The lowest BCUT2D eigenvalue weighted by Crippen LogP contribution is -2.34. The topological polar surface area (TPSA) is 102 Å². The maximum atomic E-state index is 12.6. The highest BCUT2D eigenvalue weighted by molar-refractivity contribution is 6.34. The number of benzene rings is 2. The number of nitrogens with one attached hydrogen (secondary N) is 1. The number of hydrogen-bond donors (Lipinski definition) is 1. The first-order valence-corrected chi connectivity index (χ1v) is 9.68. The number of imide groups is 1. The number of carbonyl (C=O) groups is 4. The van der Waals surface area contributed by atoms with Crippen molar-refractivity contribution in [2.24, 2.45) is 0 Å². The Morgan fingerprint density at radius 1 is 1.07 bits per heavy atom. The van der Waals surface area contributed by atoms with Crippen LogP contribution in [0.1, 0.15) is 43.9 Å². The zero-order valence-electron chi connectivity index (χ0n) is 16.1. The van der Waals surface area contributed by atoms with Gasteiger partial charge in [0.2, 0.25) is 0 Å². The second-order valence-electron chi connectivity index (χ2n) is 7.06. The first kappa shape index (κ1) is 19.8. The molecule has 0 radical (unpaired) electrons. The average Bonchev–Trinajstić information content (AvgIpc) is 3.38. The minimum absolute atomic E-state index is 0.000918. The van der Waals surface area contributed by atoms with E-state index in [0.717, 1.165) is 17.7 Å². The molecule has 1 atom stereocenters. The summed E-state index contributed by atoms with van der Waals surface area (Å²) in [7, 11) is 0. The van der Waals surface area contributed by atoms with E-state index < -0.39 is 30.3 Å². The number of esters is 1. The summed E-state index contributed by atoms with van der Waals surface area (Å²) in [5.41, 5.74) is 1.03. The maximum absolute atomic E-state index is 12.6. The predicted molar refractivity (Wildman–Crippen MR) is 106 cm³/mol. The third-order valence-electron chi connectivity index (χ3n) is 5.02. The molecule has 2 aromatic rings. The fourth-order valence-corrected chi connectivity index (χ4v) is 3.49. The molecule has 1 saturated heterocycles. The van der Waals surface area contributed by atoms with Gasteiger partial charge in [-0.15, -0.1) is 0 Å². The van der Waals surface area contributed by atoms with Gasteiger partial charge in [-0.05, 0) is 43.2 Å². The lowest BCUT2D eigenvalue weighted by Gasteiger charge is -2.15. The Morgan fingerprint density at radius 2 is 1.80 bits per heavy atom. The van der Waals surface area contributed by atoms with Crippen molar-refractivity contribution in [1.82, 2.24) is 5.32 Å². The third kappa shape index (κ3) is 3.95. The SMILES string of the molecule is O=C(COC(=O)c1cccc(N2C(=O)c3ccccc3C2=O)c1)NCC1CCCO1. The van der Waals surface area contributed by atoms with Crippen LogP contribution >= 0.6 is 0 Å². The summed E-state index contributed by atoms with van der Waals surface area (Å²) in [5.74, 6) is -2.04. The Hall–Kier alpha value is -3.52. The van der Waals surface area contributed by atoms with E-state index in [4.69, 9.17) is 9.47 Å². The summed E-state index contributed by atoms with van der Waals surface area (Å²) in [6, 6.07) is 12.5. The highest BCUT2D eigenvalue weighted by Crippen LogP contribution is 2.28. The summed E-state index contributed by atoms with van der Waals surface area (Å²) in [5, 5.41) is 2.67. The van der Waals surface area contributed by atoms with E-state index in [1.807, 2.05) is 0 Å². The van der Waals surface area contributed by atoms with Gasteiger partial charge in [-0.3, -0.25) is 14.4 Å². The van der Waals surface area contributed by atoms with Crippen LogP contribution < -0.4 is 10.2 Å². The van der Waals surface area contributed by atoms with Gasteiger partial charge in [0.05, 0.1) is 28.5 Å². The zero-order valence-corrected chi connectivity index (χ0v) is 16.1. The lowest BCUT2D eigenvalue weighted by molar-refractivity contribution is -0.124. The molecule has 3 amide bonds. The summed E-state index contributed by atoms with van der Waals surface area (Å²) < 4.78 is 10.5. The van der Waals surface area contributed by atoms with Gasteiger partial charge in [-0.2, -0.15) is 0 Å². The second-order valence-corrected chi connectivity index (χ2v) is 7.06. The third-order valence-corrected chi connectivity index (χ3v) is 5.02. The Kier molecular flexibility index (Phi) is 5.58. The van der Waals surface area contributed by atoms with Crippen LogP contribution in [0.15, 0.2) is 48.5 Å². The van der Waals surface area contributed by atoms with Crippen LogP contribution in [0.2, 0.25) is 0 Å². The number of carbonyl (C=O) groups excluding carboxylic acids is 4. The molecule has 8 nitrogen and oxygen atoms in total. The molecule has 2 aliphatic heterocycles. The average molecular weight is 408 g/mol. The summed E-state index contributed by atoms with van der Waals surface area (Å²) in [6.07, 6.45) is 1.87. The Balaban J connectivity index is 1.38. The highest BCUT2D eigenvalue weighted by atomic mass is 16.5. The van der Waals surface area contributed by atoms with Crippen LogP contribution in [0.25, 0.3) is 0 Å². The Morgan fingerprint density at radius 3 is 2.47 bits per heavy atom. The largest absolute Gasteiger partial charge is 0.452 e. The molecule has 0 bridgehead atoms. The van der Waals surface area contributed by atoms with Crippen LogP contribution in [0.5, 0.6) is 0 Å².